The minimum Gasteiger partial charge on any atom is -0.496 e. The molecule has 1 aromatic rings. The highest BCUT2D eigenvalue weighted by atomic mass is 16.5. The van der Waals surface area contributed by atoms with Crippen LogP contribution in [0.3, 0.4) is 0 Å². The molecule has 0 aliphatic rings. The van der Waals surface area contributed by atoms with Crippen molar-refractivity contribution in [3.63, 3.8) is 0 Å². The van der Waals surface area contributed by atoms with E-state index in [0.717, 1.165) is 12.0 Å². The summed E-state index contributed by atoms with van der Waals surface area (Å²) in [4.78, 5) is 11.5. The smallest absolute Gasteiger partial charge is 0.348 e. The molecule has 0 atom stereocenters. The molecule has 4 nitrogen and oxygen atoms in total. The van der Waals surface area contributed by atoms with Gasteiger partial charge in [-0.05, 0) is 24.0 Å². The molecule has 0 saturated heterocycles. The molecule has 0 aliphatic heterocycles. The van der Waals surface area contributed by atoms with Crippen molar-refractivity contribution < 1.29 is 14.3 Å². The Bertz CT molecular complexity index is 553. The Labute approximate surface area is 119 Å². The van der Waals surface area contributed by atoms with Crippen molar-refractivity contribution in [3.8, 4) is 11.8 Å². The number of nitriles is 1. The zero-order chi connectivity index (χ0) is 15.1. The lowest BCUT2D eigenvalue weighted by Crippen LogP contribution is -2.04. The van der Waals surface area contributed by atoms with E-state index < -0.39 is 5.97 Å². The minimum absolute atomic E-state index is 0.0486. The third kappa shape index (κ3) is 3.86. The Morgan fingerprint density at radius 3 is 2.60 bits per heavy atom. The van der Waals surface area contributed by atoms with Gasteiger partial charge in [0.05, 0.1) is 14.2 Å². The van der Waals surface area contributed by atoms with Crippen molar-refractivity contribution in [3.05, 3.63) is 34.9 Å². The van der Waals surface area contributed by atoms with Gasteiger partial charge in [0, 0.05) is 5.56 Å². The van der Waals surface area contributed by atoms with Crippen molar-refractivity contribution >= 4 is 12.0 Å². The first kappa shape index (κ1) is 15.8. The Hall–Kier alpha value is -2.28. The van der Waals surface area contributed by atoms with Crippen LogP contribution in [0.15, 0.2) is 23.8 Å². The summed E-state index contributed by atoms with van der Waals surface area (Å²) >= 11 is 0. The van der Waals surface area contributed by atoms with Crippen LogP contribution in [0.4, 0.5) is 0 Å². The van der Waals surface area contributed by atoms with Gasteiger partial charge in [0.15, 0.2) is 0 Å². The van der Waals surface area contributed by atoms with E-state index in [1.54, 1.807) is 7.11 Å². The number of esters is 1. The number of ether oxygens (including phenoxy) is 2. The molecule has 1 aromatic carbocycles. The molecule has 0 spiro atoms. The van der Waals surface area contributed by atoms with Gasteiger partial charge >= 0.3 is 5.97 Å². The Kier molecular flexibility index (Phi) is 5.79. The monoisotopic (exact) mass is 273 g/mol. The number of nitrogens with zero attached hydrogens (tertiary/aromatic N) is 1. The van der Waals surface area contributed by atoms with Crippen LogP contribution < -0.4 is 4.74 Å². The molecule has 4 heteroatoms. The van der Waals surface area contributed by atoms with Crippen molar-refractivity contribution in [2.45, 2.75) is 20.3 Å². The van der Waals surface area contributed by atoms with E-state index in [-0.39, 0.29) is 5.57 Å². The van der Waals surface area contributed by atoms with Gasteiger partial charge in [-0.1, -0.05) is 32.0 Å². The normalized spacial score (nSPS) is 11.1. The van der Waals surface area contributed by atoms with Crippen LogP contribution >= 0.6 is 0 Å². The van der Waals surface area contributed by atoms with Crippen LogP contribution in [-0.4, -0.2) is 20.2 Å². The van der Waals surface area contributed by atoms with Crippen LogP contribution in [0.5, 0.6) is 5.75 Å². The molecule has 20 heavy (non-hydrogen) atoms. The van der Waals surface area contributed by atoms with Crippen molar-refractivity contribution in [1.29, 1.82) is 5.26 Å². The lowest BCUT2D eigenvalue weighted by atomic mass is 9.98. The van der Waals surface area contributed by atoms with Crippen molar-refractivity contribution in [1.82, 2.24) is 0 Å². The summed E-state index contributed by atoms with van der Waals surface area (Å²) in [6.45, 7) is 4.24. The SMILES string of the molecule is COC(=O)C(C#N)=Cc1cccc(CC(C)C)c1OC. The highest BCUT2D eigenvalue weighted by molar-refractivity contribution is 5.98. The molecule has 0 fully saturated rings. The zero-order valence-corrected chi connectivity index (χ0v) is 12.3. The highest BCUT2D eigenvalue weighted by Gasteiger charge is 2.13. The van der Waals surface area contributed by atoms with Gasteiger partial charge in [0.1, 0.15) is 17.4 Å². The molecule has 0 N–H and O–H groups in total. The van der Waals surface area contributed by atoms with Crippen LogP contribution in [0.25, 0.3) is 6.08 Å². The first-order chi connectivity index (χ1) is 9.53. The fourth-order valence-electron chi connectivity index (χ4n) is 1.97. The van der Waals surface area contributed by atoms with E-state index >= 15 is 0 Å². The molecule has 0 unspecified atom stereocenters. The summed E-state index contributed by atoms with van der Waals surface area (Å²) < 4.78 is 10.0. The van der Waals surface area contributed by atoms with Gasteiger partial charge in [0.25, 0.3) is 0 Å². The fraction of sp³-hybridized carbons (Fsp3) is 0.375. The maximum Gasteiger partial charge on any atom is 0.348 e. The lowest BCUT2D eigenvalue weighted by molar-refractivity contribution is -0.135. The molecule has 0 aliphatic carbocycles. The van der Waals surface area contributed by atoms with E-state index in [1.807, 2.05) is 24.3 Å². The number of rotatable bonds is 5. The highest BCUT2D eigenvalue weighted by Crippen LogP contribution is 2.28. The van der Waals surface area contributed by atoms with E-state index in [0.29, 0.717) is 17.2 Å². The summed E-state index contributed by atoms with van der Waals surface area (Å²) in [7, 11) is 2.83. The number of hydrogen-bond donors (Lipinski definition) is 0. The second kappa shape index (κ2) is 7.34. The molecular formula is C16H19NO3. The third-order valence-electron chi connectivity index (χ3n) is 2.78. The van der Waals surface area contributed by atoms with E-state index in [1.165, 1.54) is 13.2 Å². The number of carbonyl (C=O) groups is 1. The number of para-hydroxylation sites is 1. The number of methoxy groups -OCH3 is 2. The molecule has 0 saturated carbocycles. The first-order valence-electron chi connectivity index (χ1n) is 6.39. The van der Waals surface area contributed by atoms with E-state index in [4.69, 9.17) is 10.00 Å². The summed E-state index contributed by atoms with van der Waals surface area (Å²) in [6, 6.07) is 7.53. The van der Waals surface area contributed by atoms with Gasteiger partial charge < -0.3 is 9.47 Å². The van der Waals surface area contributed by atoms with Gasteiger partial charge in [-0.25, -0.2) is 4.79 Å². The second-order valence-electron chi connectivity index (χ2n) is 4.80. The Morgan fingerprint density at radius 1 is 1.40 bits per heavy atom. The molecule has 0 radical (unpaired) electrons. The topological polar surface area (TPSA) is 59.3 Å². The predicted molar refractivity (Wildman–Crippen MR) is 77.1 cm³/mol. The van der Waals surface area contributed by atoms with Gasteiger partial charge in [-0.15, -0.1) is 0 Å². The third-order valence-corrected chi connectivity index (χ3v) is 2.78. The number of hydrogen-bond acceptors (Lipinski definition) is 4. The average Bonchev–Trinajstić information content (AvgIpc) is 2.43. The second-order valence-corrected chi connectivity index (χ2v) is 4.80. The van der Waals surface area contributed by atoms with Gasteiger partial charge in [-0.3, -0.25) is 0 Å². The van der Waals surface area contributed by atoms with Crippen LogP contribution in [0, 0.1) is 17.2 Å². The van der Waals surface area contributed by atoms with Crippen LogP contribution in [-0.2, 0) is 16.0 Å². The lowest BCUT2D eigenvalue weighted by Gasteiger charge is -2.13. The maximum absolute atomic E-state index is 11.5. The molecular weight excluding hydrogens is 254 g/mol. The number of carbonyl (C=O) groups excluding carboxylic acids is 1. The maximum atomic E-state index is 11.5. The molecule has 0 heterocycles. The summed E-state index contributed by atoms with van der Waals surface area (Å²) in [6.07, 6.45) is 2.36. The standard InChI is InChI=1S/C16H19NO3/c1-11(2)8-12-6-5-7-13(15(12)19-3)9-14(10-17)16(18)20-4/h5-7,9,11H,8H2,1-4H3. The average molecular weight is 273 g/mol. The number of benzene rings is 1. The zero-order valence-electron chi connectivity index (χ0n) is 12.3. The Morgan fingerprint density at radius 2 is 2.10 bits per heavy atom. The largest absolute Gasteiger partial charge is 0.496 e. The molecule has 0 amide bonds. The summed E-state index contributed by atoms with van der Waals surface area (Å²) in [5.41, 5.74) is 1.71. The van der Waals surface area contributed by atoms with Crippen molar-refractivity contribution in [2.24, 2.45) is 5.92 Å². The summed E-state index contributed by atoms with van der Waals surface area (Å²) in [5, 5.41) is 9.01. The van der Waals surface area contributed by atoms with Crippen LogP contribution in [0.2, 0.25) is 0 Å². The molecule has 106 valence electrons. The quantitative estimate of drug-likeness (QED) is 0.470. The molecule has 0 bridgehead atoms. The first-order valence-corrected chi connectivity index (χ1v) is 6.39. The molecule has 1 rings (SSSR count). The van der Waals surface area contributed by atoms with Gasteiger partial charge in [0.2, 0.25) is 0 Å². The predicted octanol–water partition coefficient (Wildman–Crippen LogP) is 2.97. The molecule has 0 aromatic heterocycles. The summed E-state index contributed by atoms with van der Waals surface area (Å²) in [5.74, 6) is 0.529. The van der Waals surface area contributed by atoms with E-state index in [9.17, 15) is 4.79 Å². The van der Waals surface area contributed by atoms with Crippen LogP contribution in [0.1, 0.15) is 25.0 Å². The minimum atomic E-state index is -0.649. The van der Waals surface area contributed by atoms with Crippen molar-refractivity contribution in [2.75, 3.05) is 14.2 Å². The fourth-order valence-corrected chi connectivity index (χ4v) is 1.97. The van der Waals surface area contributed by atoms with Gasteiger partial charge in [-0.2, -0.15) is 5.26 Å². The Balaban J connectivity index is 3.28. The van der Waals surface area contributed by atoms with E-state index in [2.05, 4.69) is 18.6 Å².